The molecule has 1 atom stereocenters. The van der Waals surface area contributed by atoms with Crippen LogP contribution in [0.4, 0.5) is 0 Å². The van der Waals surface area contributed by atoms with E-state index in [1.165, 1.54) is 5.56 Å². The minimum absolute atomic E-state index is 0.00323. The van der Waals surface area contributed by atoms with Crippen LogP contribution in [-0.4, -0.2) is 18.2 Å². The van der Waals surface area contributed by atoms with E-state index in [-0.39, 0.29) is 30.0 Å². The molecule has 0 fully saturated rings. The van der Waals surface area contributed by atoms with E-state index in [2.05, 4.69) is 20.8 Å². The summed E-state index contributed by atoms with van der Waals surface area (Å²) in [6, 6.07) is 14.9. The Morgan fingerprint density at radius 2 is 1.75 bits per heavy atom. The highest BCUT2D eigenvalue weighted by Gasteiger charge is 2.30. The van der Waals surface area contributed by atoms with Crippen LogP contribution in [0.2, 0.25) is 0 Å². The number of Topliss-reactive ketones (excluding diaryl/α,β-unsaturated/α-hetero) is 2. The van der Waals surface area contributed by atoms with Gasteiger partial charge in [-0.05, 0) is 23.1 Å². The van der Waals surface area contributed by atoms with Gasteiger partial charge in [-0.3, -0.25) is 9.59 Å². The van der Waals surface area contributed by atoms with Gasteiger partial charge in [0, 0.05) is 12.0 Å². The molecule has 3 rings (SSSR count). The minimum atomic E-state index is -0.408. The number of rotatable bonds is 3. The van der Waals surface area contributed by atoms with Crippen molar-refractivity contribution in [1.82, 2.24) is 0 Å². The van der Waals surface area contributed by atoms with Crippen molar-refractivity contribution in [3.05, 3.63) is 65.2 Å². The number of hydrogen-bond acceptors (Lipinski definition) is 3. The molecule has 24 heavy (non-hydrogen) atoms. The highest BCUT2D eigenvalue weighted by Crippen LogP contribution is 2.29. The molecule has 2 aromatic rings. The zero-order chi connectivity index (χ0) is 17.3. The Morgan fingerprint density at radius 3 is 2.42 bits per heavy atom. The van der Waals surface area contributed by atoms with Crippen LogP contribution >= 0.6 is 0 Å². The van der Waals surface area contributed by atoms with E-state index in [4.69, 9.17) is 4.74 Å². The number of carbonyl (C=O) groups is 2. The first-order valence-corrected chi connectivity index (χ1v) is 8.26. The molecule has 3 nitrogen and oxygen atoms in total. The Kier molecular flexibility index (Phi) is 4.27. The van der Waals surface area contributed by atoms with E-state index in [9.17, 15) is 9.59 Å². The second kappa shape index (κ2) is 6.23. The topological polar surface area (TPSA) is 43.4 Å². The van der Waals surface area contributed by atoms with Crippen LogP contribution in [0.1, 0.15) is 53.5 Å². The summed E-state index contributed by atoms with van der Waals surface area (Å²) in [5.74, 6) is 0.184. The molecule has 124 valence electrons. The Hall–Kier alpha value is -2.42. The summed E-state index contributed by atoms with van der Waals surface area (Å²) < 4.78 is 5.63. The van der Waals surface area contributed by atoms with Crippen molar-refractivity contribution < 1.29 is 14.3 Å². The second-order valence-electron chi connectivity index (χ2n) is 7.32. The molecule has 1 unspecified atom stereocenters. The SMILES string of the molecule is CC(C)(C)c1ccc(C(=O)CC2COc3ccccc3C2=O)cc1. The summed E-state index contributed by atoms with van der Waals surface area (Å²) in [7, 11) is 0. The molecular weight excluding hydrogens is 300 g/mol. The number of fused-ring (bicyclic) bond motifs is 1. The predicted molar refractivity (Wildman–Crippen MR) is 93.8 cm³/mol. The van der Waals surface area contributed by atoms with E-state index in [1.54, 1.807) is 12.1 Å². The molecule has 0 radical (unpaired) electrons. The minimum Gasteiger partial charge on any atom is -0.492 e. The van der Waals surface area contributed by atoms with E-state index in [0.29, 0.717) is 16.9 Å². The zero-order valence-corrected chi connectivity index (χ0v) is 14.3. The van der Waals surface area contributed by atoms with E-state index < -0.39 is 5.92 Å². The first-order valence-electron chi connectivity index (χ1n) is 8.26. The highest BCUT2D eigenvalue weighted by atomic mass is 16.5. The number of carbonyl (C=O) groups excluding carboxylic acids is 2. The van der Waals surface area contributed by atoms with Crippen molar-refractivity contribution in [1.29, 1.82) is 0 Å². The quantitative estimate of drug-likeness (QED) is 0.784. The number of hydrogen-bond donors (Lipinski definition) is 0. The van der Waals surface area contributed by atoms with Crippen LogP contribution in [0.25, 0.3) is 0 Å². The average molecular weight is 322 g/mol. The van der Waals surface area contributed by atoms with Gasteiger partial charge in [0.05, 0.1) is 18.1 Å². The lowest BCUT2D eigenvalue weighted by Gasteiger charge is -2.23. The molecule has 1 aliphatic rings. The molecule has 0 aliphatic carbocycles. The maximum absolute atomic E-state index is 12.5. The molecule has 0 saturated carbocycles. The smallest absolute Gasteiger partial charge is 0.173 e. The van der Waals surface area contributed by atoms with Crippen LogP contribution in [0.3, 0.4) is 0 Å². The van der Waals surface area contributed by atoms with Gasteiger partial charge in [0.25, 0.3) is 0 Å². The van der Waals surface area contributed by atoms with Crippen molar-refractivity contribution in [2.45, 2.75) is 32.6 Å². The molecule has 1 aliphatic heterocycles. The van der Waals surface area contributed by atoms with Crippen molar-refractivity contribution in [2.75, 3.05) is 6.61 Å². The van der Waals surface area contributed by atoms with Crippen LogP contribution < -0.4 is 4.74 Å². The molecule has 0 N–H and O–H groups in total. The molecule has 0 bridgehead atoms. The van der Waals surface area contributed by atoms with Crippen LogP contribution in [-0.2, 0) is 5.41 Å². The van der Waals surface area contributed by atoms with Gasteiger partial charge in [-0.1, -0.05) is 57.2 Å². The lowest BCUT2D eigenvalue weighted by atomic mass is 9.85. The number of ketones is 2. The maximum Gasteiger partial charge on any atom is 0.173 e. The monoisotopic (exact) mass is 322 g/mol. The molecule has 0 spiro atoms. The summed E-state index contributed by atoms with van der Waals surface area (Å²) in [5.41, 5.74) is 2.46. The normalized spacial score (nSPS) is 17.1. The van der Waals surface area contributed by atoms with Gasteiger partial charge >= 0.3 is 0 Å². The predicted octanol–water partition coefficient (Wildman–Crippen LogP) is 4.45. The van der Waals surface area contributed by atoms with Gasteiger partial charge in [-0.25, -0.2) is 0 Å². The van der Waals surface area contributed by atoms with E-state index in [1.807, 2.05) is 36.4 Å². The van der Waals surface area contributed by atoms with Crippen LogP contribution in [0.5, 0.6) is 5.75 Å². The zero-order valence-electron chi connectivity index (χ0n) is 14.3. The molecule has 0 aromatic heterocycles. The lowest BCUT2D eigenvalue weighted by Crippen LogP contribution is -2.29. The third-order valence-corrected chi connectivity index (χ3v) is 4.47. The molecule has 0 saturated heterocycles. The Balaban J connectivity index is 1.73. The molecule has 3 heteroatoms. The van der Waals surface area contributed by atoms with E-state index >= 15 is 0 Å². The standard InChI is InChI=1S/C21H22O3/c1-21(2,3)16-10-8-14(9-11-16)18(22)12-15-13-24-19-7-5-4-6-17(19)20(15)23/h4-11,15H,12-13H2,1-3H3. The summed E-state index contributed by atoms with van der Waals surface area (Å²) in [6.45, 7) is 6.68. The van der Waals surface area contributed by atoms with Crippen molar-refractivity contribution >= 4 is 11.6 Å². The van der Waals surface area contributed by atoms with Crippen molar-refractivity contribution in [3.63, 3.8) is 0 Å². The van der Waals surface area contributed by atoms with Crippen molar-refractivity contribution in [3.8, 4) is 5.75 Å². The summed E-state index contributed by atoms with van der Waals surface area (Å²) in [5, 5.41) is 0. The van der Waals surface area contributed by atoms with Gasteiger partial charge in [0.2, 0.25) is 0 Å². The Bertz CT molecular complexity index is 766. The summed E-state index contributed by atoms with van der Waals surface area (Å²) in [4.78, 5) is 25.1. The average Bonchev–Trinajstić information content (AvgIpc) is 2.57. The third kappa shape index (κ3) is 3.25. The fourth-order valence-corrected chi connectivity index (χ4v) is 2.93. The number of ether oxygens (including phenoxy) is 1. The van der Waals surface area contributed by atoms with Gasteiger partial charge in [-0.15, -0.1) is 0 Å². The lowest BCUT2D eigenvalue weighted by molar-refractivity contribution is 0.0768. The first kappa shape index (κ1) is 16.4. The fraction of sp³-hybridized carbons (Fsp3) is 0.333. The largest absolute Gasteiger partial charge is 0.492 e. The molecule has 2 aromatic carbocycles. The van der Waals surface area contributed by atoms with Crippen molar-refractivity contribution in [2.24, 2.45) is 5.92 Å². The van der Waals surface area contributed by atoms with Gasteiger partial charge < -0.3 is 4.74 Å². The maximum atomic E-state index is 12.5. The third-order valence-electron chi connectivity index (χ3n) is 4.47. The fourth-order valence-electron chi connectivity index (χ4n) is 2.93. The number of benzene rings is 2. The van der Waals surface area contributed by atoms with E-state index in [0.717, 1.165) is 0 Å². The first-order chi connectivity index (χ1) is 11.4. The van der Waals surface area contributed by atoms with Gasteiger partial charge in [-0.2, -0.15) is 0 Å². The molecule has 0 amide bonds. The van der Waals surface area contributed by atoms with Crippen LogP contribution in [0, 0.1) is 5.92 Å². The summed E-state index contributed by atoms with van der Waals surface area (Å²) >= 11 is 0. The molecular formula is C21H22O3. The van der Waals surface area contributed by atoms with Gasteiger partial charge in [0.1, 0.15) is 5.75 Å². The van der Waals surface area contributed by atoms with Crippen LogP contribution in [0.15, 0.2) is 48.5 Å². The highest BCUT2D eigenvalue weighted by molar-refractivity contribution is 6.05. The Morgan fingerprint density at radius 1 is 1.08 bits per heavy atom. The Labute approximate surface area is 142 Å². The summed E-state index contributed by atoms with van der Waals surface area (Å²) in [6.07, 6.45) is 0.183. The number of para-hydroxylation sites is 1. The molecule has 1 heterocycles. The van der Waals surface area contributed by atoms with Gasteiger partial charge in [0.15, 0.2) is 11.6 Å². The second-order valence-corrected chi connectivity index (χ2v) is 7.32.